The number of amides is 1. The van der Waals surface area contributed by atoms with Gasteiger partial charge in [0.2, 0.25) is 5.91 Å². The van der Waals surface area contributed by atoms with E-state index in [0.29, 0.717) is 12.2 Å². The minimum atomic E-state index is -0.0995. The van der Waals surface area contributed by atoms with Crippen molar-refractivity contribution in [1.29, 1.82) is 0 Å². The fraction of sp³-hybridized carbons (Fsp3) is 0.136. The number of nitrogens with two attached hydrogens (primary N) is 1. The second-order valence-corrected chi connectivity index (χ2v) is 7.58. The van der Waals surface area contributed by atoms with Gasteiger partial charge < -0.3 is 15.7 Å². The highest BCUT2D eigenvalue weighted by Crippen LogP contribution is 2.38. The smallest absolute Gasteiger partial charge is 0.247 e. The minimum absolute atomic E-state index is 0.0262. The summed E-state index contributed by atoms with van der Waals surface area (Å²) in [5.74, 6) is 0.185. The quantitative estimate of drug-likeness (QED) is 0.531. The third kappa shape index (κ3) is 3.59. The molecule has 3 N–H and O–H groups in total. The first kappa shape index (κ1) is 17.4. The number of fused-ring (bicyclic) bond motifs is 1. The maximum Gasteiger partial charge on any atom is 0.247 e. The van der Waals surface area contributed by atoms with Crippen LogP contribution in [0.4, 0.5) is 5.69 Å². The molecule has 2 aromatic carbocycles. The Morgan fingerprint density at radius 3 is 2.59 bits per heavy atom. The van der Waals surface area contributed by atoms with Crippen LogP contribution in [0.15, 0.2) is 66.1 Å². The standard InChI is InChI=1S/C22H20N2O2S/c23-17-6-4-16(5-7-17)22-19-12-14-27-20(19)11-13-24(22)21(26)10-3-15-1-8-18(25)9-2-15/h1-10,12,14,22,25H,11,13,23H2/b10-3+. The summed E-state index contributed by atoms with van der Waals surface area (Å²) in [4.78, 5) is 16.2. The number of nitrogens with zero attached hydrogens (tertiary/aromatic N) is 1. The van der Waals surface area contributed by atoms with E-state index in [1.165, 1.54) is 10.4 Å². The Bertz CT molecular complexity index is 974. The van der Waals surface area contributed by atoms with Crippen LogP contribution in [-0.2, 0) is 11.2 Å². The Labute approximate surface area is 162 Å². The number of hydrogen-bond acceptors (Lipinski definition) is 4. The van der Waals surface area contributed by atoms with Gasteiger partial charge in [0.1, 0.15) is 5.75 Å². The van der Waals surface area contributed by atoms with Crippen LogP contribution in [0, 0.1) is 0 Å². The largest absolute Gasteiger partial charge is 0.508 e. The zero-order valence-electron chi connectivity index (χ0n) is 14.7. The Balaban J connectivity index is 1.64. The molecule has 0 spiro atoms. The molecule has 0 bridgehead atoms. The highest BCUT2D eigenvalue weighted by molar-refractivity contribution is 7.10. The summed E-state index contributed by atoms with van der Waals surface area (Å²) in [5, 5.41) is 11.5. The van der Waals surface area contributed by atoms with Crippen molar-refractivity contribution in [3.8, 4) is 5.75 Å². The molecule has 136 valence electrons. The first-order chi connectivity index (χ1) is 13.1. The number of phenols is 1. The van der Waals surface area contributed by atoms with Gasteiger partial charge in [-0.25, -0.2) is 0 Å². The van der Waals surface area contributed by atoms with Crippen LogP contribution in [0.1, 0.15) is 27.6 Å². The molecule has 2 heterocycles. The summed E-state index contributed by atoms with van der Waals surface area (Å²) in [7, 11) is 0. The van der Waals surface area contributed by atoms with E-state index in [1.807, 2.05) is 29.2 Å². The van der Waals surface area contributed by atoms with Crippen LogP contribution in [0.2, 0.25) is 0 Å². The number of thiophene rings is 1. The molecule has 0 radical (unpaired) electrons. The second-order valence-electron chi connectivity index (χ2n) is 6.57. The van der Waals surface area contributed by atoms with Gasteiger partial charge in [0, 0.05) is 23.2 Å². The van der Waals surface area contributed by atoms with Crippen molar-refractivity contribution in [2.45, 2.75) is 12.5 Å². The van der Waals surface area contributed by atoms with Crippen molar-refractivity contribution >= 4 is 29.0 Å². The van der Waals surface area contributed by atoms with Crippen molar-refractivity contribution < 1.29 is 9.90 Å². The normalized spacial score (nSPS) is 16.4. The third-order valence-corrected chi connectivity index (χ3v) is 5.81. The Hall–Kier alpha value is -3.05. The topological polar surface area (TPSA) is 66.6 Å². The molecule has 4 rings (SSSR count). The molecule has 5 heteroatoms. The van der Waals surface area contributed by atoms with E-state index in [-0.39, 0.29) is 17.7 Å². The van der Waals surface area contributed by atoms with Crippen molar-refractivity contribution in [3.05, 3.63) is 87.6 Å². The van der Waals surface area contributed by atoms with Gasteiger partial charge in [-0.3, -0.25) is 4.79 Å². The molecule has 0 saturated carbocycles. The summed E-state index contributed by atoms with van der Waals surface area (Å²) in [6.07, 6.45) is 4.26. The van der Waals surface area contributed by atoms with E-state index < -0.39 is 0 Å². The van der Waals surface area contributed by atoms with Gasteiger partial charge in [-0.2, -0.15) is 0 Å². The maximum atomic E-state index is 13.0. The highest BCUT2D eigenvalue weighted by atomic mass is 32.1. The molecule has 0 fully saturated rings. The maximum absolute atomic E-state index is 13.0. The van der Waals surface area contributed by atoms with Crippen LogP contribution in [0.5, 0.6) is 5.75 Å². The lowest BCUT2D eigenvalue weighted by Crippen LogP contribution is -2.39. The highest BCUT2D eigenvalue weighted by Gasteiger charge is 2.31. The molecule has 1 unspecified atom stereocenters. The molecule has 1 atom stereocenters. The predicted octanol–water partition coefficient (Wildman–Crippen LogP) is 4.22. The molecule has 0 aliphatic carbocycles. The summed E-state index contributed by atoms with van der Waals surface area (Å²) < 4.78 is 0. The van der Waals surface area contributed by atoms with Gasteiger partial charge in [0.15, 0.2) is 0 Å². The van der Waals surface area contributed by atoms with Crippen LogP contribution in [-0.4, -0.2) is 22.5 Å². The van der Waals surface area contributed by atoms with Crippen molar-refractivity contribution in [2.75, 3.05) is 12.3 Å². The van der Waals surface area contributed by atoms with Crippen LogP contribution in [0.3, 0.4) is 0 Å². The number of nitrogen functional groups attached to an aromatic ring is 1. The number of aromatic hydroxyl groups is 1. The van der Waals surface area contributed by atoms with E-state index in [9.17, 15) is 9.90 Å². The predicted molar refractivity (Wildman–Crippen MR) is 110 cm³/mol. The number of rotatable bonds is 3. The lowest BCUT2D eigenvalue weighted by atomic mass is 9.93. The zero-order chi connectivity index (χ0) is 18.8. The van der Waals surface area contributed by atoms with Crippen molar-refractivity contribution in [3.63, 3.8) is 0 Å². The molecule has 1 aliphatic rings. The second kappa shape index (κ2) is 7.29. The lowest BCUT2D eigenvalue weighted by Gasteiger charge is -2.35. The molecule has 1 aliphatic heterocycles. The number of benzene rings is 2. The summed E-state index contributed by atoms with van der Waals surface area (Å²) >= 11 is 1.75. The molecular weight excluding hydrogens is 356 g/mol. The van der Waals surface area contributed by atoms with E-state index >= 15 is 0 Å². The SMILES string of the molecule is Nc1ccc(C2c3ccsc3CCN2C(=O)/C=C/c2ccc(O)cc2)cc1. The fourth-order valence-corrected chi connectivity index (χ4v) is 4.34. The van der Waals surface area contributed by atoms with E-state index in [1.54, 1.807) is 47.8 Å². The number of carbonyl (C=O) groups excluding carboxylic acids is 1. The van der Waals surface area contributed by atoms with E-state index in [0.717, 1.165) is 17.5 Å². The molecule has 1 amide bonds. The summed E-state index contributed by atoms with van der Waals surface area (Å²) in [5.41, 5.74) is 9.69. The van der Waals surface area contributed by atoms with E-state index in [4.69, 9.17) is 5.73 Å². The molecule has 3 aromatic rings. The first-order valence-corrected chi connectivity index (χ1v) is 9.69. The monoisotopic (exact) mass is 376 g/mol. The van der Waals surface area contributed by atoms with Gasteiger partial charge in [0.25, 0.3) is 0 Å². The van der Waals surface area contributed by atoms with Crippen LogP contribution >= 0.6 is 11.3 Å². The summed E-state index contributed by atoms with van der Waals surface area (Å²) in [6.45, 7) is 0.682. The van der Waals surface area contributed by atoms with Gasteiger partial charge in [-0.1, -0.05) is 24.3 Å². The number of anilines is 1. The molecular formula is C22H20N2O2S. The number of carbonyl (C=O) groups is 1. The first-order valence-electron chi connectivity index (χ1n) is 8.81. The fourth-order valence-electron chi connectivity index (χ4n) is 3.44. The van der Waals surface area contributed by atoms with Crippen molar-refractivity contribution in [2.24, 2.45) is 0 Å². The number of phenolic OH excluding ortho intramolecular Hbond substituents is 1. The Morgan fingerprint density at radius 1 is 1.11 bits per heavy atom. The van der Waals surface area contributed by atoms with Gasteiger partial charge in [-0.15, -0.1) is 11.3 Å². The molecule has 4 nitrogen and oxygen atoms in total. The molecule has 0 saturated heterocycles. The summed E-state index contributed by atoms with van der Waals surface area (Å²) in [6, 6.07) is 16.6. The lowest BCUT2D eigenvalue weighted by molar-refractivity contribution is -0.127. The average Bonchev–Trinajstić information content (AvgIpc) is 3.16. The van der Waals surface area contributed by atoms with Gasteiger partial charge in [-0.05, 0) is 64.9 Å². The molecule has 27 heavy (non-hydrogen) atoms. The third-order valence-electron chi connectivity index (χ3n) is 4.81. The van der Waals surface area contributed by atoms with E-state index in [2.05, 4.69) is 11.4 Å². The Kier molecular flexibility index (Phi) is 4.69. The van der Waals surface area contributed by atoms with Crippen LogP contribution in [0.25, 0.3) is 6.08 Å². The van der Waals surface area contributed by atoms with Crippen LogP contribution < -0.4 is 5.73 Å². The van der Waals surface area contributed by atoms with Gasteiger partial charge in [0.05, 0.1) is 6.04 Å². The van der Waals surface area contributed by atoms with Crippen molar-refractivity contribution in [1.82, 2.24) is 4.90 Å². The number of hydrogen-bond donors (Lipinski definition) is 2. The molecule has 1 aromatic heterocycles. The average molecular weight is 376 g/mol. The zero-order valence-corrected chi connectivity index (χ0v) is 15.5. The Morgan fingerprint density at radius 2 is 1.85 bits per heavy atom. The van der Waals surface area contributed by atoms with Gasteiger partial charge >= 0.3 is 0 Å². The minimum Gasteiger partial charge on any atom is -0.508 e.